The minimum absolute atomic E-state index is 0.231. The zero-order valence-corrected chi connectivity index (χ0v) is 14.8. The zero-order valence-electron chi connectivity index (χ0n) is 10.9. The molecule has 0 aliphatic heterocycles. The Kier molecular flexibility index (Phi) is 3.89. The highest BCUT2D eigenvalue weighted by atomic mass is 79.9. The van der Waals surface area contributed by atoms with Gasteiger partial charge in [0.1, 0.15) is 5.65 Å². The van der Waals surface area contributed by atoms with Crippen molar-refractivity contribution in [3.8, 4) is 0 Å². The van der Waals surface area contributed by atoms with E-state index in [2.05, 4.69) is 25.9 Å². The summed E-state index contributed by atoms with van der Waals surface area (Å²) >= 11 is 22.1. The molecule has 22 heavy (non-hydrogen) atoms. The van der Waals surface area contributed by atoms with Crippen LogP contribution in [0.1, 0.15) is 0 Å². The second-order valence-corrected chi connectivity index (χ2v) is 6.57. The van der Waals surface area contributed by atoms with Crippen molar-refractivity contribution in [3.63, 3.8) is 0 Å². The molecule has 0 unspecified atom stereocenters. The Bertz CT molecular complexity index is 942. The Hall–Kier alpha value is -1.21. The van der Waals surface area contributed by atoms with Crippen LogP contribution >= 0.6 is 50.7 Å². The van der Waals surface area contributed by atoms with Crippen molar-refractivity contribution in [2.45, 2.75) is 0 Å². The summed E-state index contributed by atoms with van der Waals surface area (Å²) in [4.78, 5) is 19.6. The number of H-pyrrole nitrogens is 1. The van der Waals surface area contributed by atoms with Gasteiger partial charge in [-0.15, -0.1) is 0 Å². The Morgan fingerprint density at radius 2 is 2.00 bits per heavy atom. The molecule has 0 aliphatic rings. The van der Waals surface area contributed by atoms with E-state index in [1.54, 1.807) is 6.20 Å². The highest BCUT2D eigenvalue weighted by molar-refractivity contribution is 9.10. The van der Waals surface area contributed by atoms with E-state index in [9.17, 15) is 9.90 Å². The summed E-state index contributed by atoms with van der Waals surface area (Å²) < 4.78 is 0.603. The lowest BCUT2D eigenvalue weighted by atomic mass is 10.1. The minimum atomic E-state index is -1.13. The molecule has 0 spiro atoms. The Morgan fingerprint density at radius 1 is 1.32 bits per heavy atom. The lowest BCUT2D eigenvalue weighted by Crippen LogP contribution is -2.24. The predicted octanol–water partition coefficient (Wildman–Crippen LogP) is 5.55. The highest BCUT2D eigenvalue weighted by Crippen LogP contribution is 2.44. The van der Waals surface area contributed by atoms with E-state index in [1.165, 1.54) is 13.1 Å². The third-order valence-corrected chi connectivity index (χ3v) is 5.32. The SMILES string of the molecule is CN(C(=O)O)c1cc(Cl)c(Cl)c2c1[nH]c1ncc(Br)c(Cl)c12. The highest BCUT2D eigenvalue weighted by Gasteiger charge is 2.22. The number of anilines is 1. The zero-order chi connectivity index (χ0) is 16.2. The molecule has 3 rings (SSSR count). The first-order valence-corrected chi connectivity index (χ1v) is 7.85. The third-order valence-electron chi connectivity index (χ3n) is 3.31. The van der Waals surface area contributed by atoms with Crippen LogP contribution in [0, 0.1) is 0 Å². The van der Waals surface area contributed by atoms with Gasteiger partial charge in [0.15, 0.2) is 0 Å². The maximum atomic E-state index is 11.3. The smallest absolute Gasteiger partial charge is 0.411 e. The van der Waals surface area contributed by atoms with Crippen LogP contribution in [0.4, 0.5) is 10.5 Å². The number of aromatic nitrogens is 2. The van der Waals surface area contributed by atoms with E-state index in [4.69, 9.17) is 34.8 Å². The van der Waals surface area contributed by atoms with Crippen LogP contribution in [0.3, 0.4) is 0 Å². The Labute approximate surface area is 147 Å². The number of carboxylic acid groups (broad SMARTS) is 1. The Morgan fingerprint density at radius 3 is 2.64 bits per heavy atom. The van der Waals surface area contributed by atoms with Crippen LogP contribution in [0.15, 0.2) is 16.7 Å². The van der Waals surface area contributed by atoms with Gasteiger partial charge in [0.2, 0.25) is 0 Å². The topological polar surface area (TPSA) is 69.2 Å². The van der Waals surface area contributed by atoms with E-state index >= 15 is 0 Å². The van der Waals surface area contributed by atoms with Crippen LogP contribution in [0.25, 0.3) is 21.9 Å². The number of hydrogen-bond donors (Lipinski definition) is 2. The molecular formula is C13H7BrCl3N3O2. The fraction of sp³-hybridized carbons (Fsp3) is 0.0769. The molecule has 1 amide bonds. The number of hydrogen-bond acceptors (Lipinski definition) is 2. The second kappa shape index (κ2) is 5.45. The first kappa shape index (κ1) is 15.7. The van der Waals surface area contributed by atoms with Gasteiger partial charge in [0.05, 0.1) is 30.7 Å². The van der Waals surface area contributed by atoms with Gasteiger partial charge in [-0.3, -0.25) is 4.90 Å². The number of nitrogens with zero attached hydrogens (tertiary/aromatic N) is 2. The minimum Gasteiger partial charge on any atom is -0.465 e. The van der Waals surface area contributed by atoms with E-state index in [0.717, 1.165) is 4.90 Å². The number of pyridine rings is 1. The maximum Gasteiger partial charge on any atom is 0.411 e. The van der Waals surface area contributed by atoms with Crippen molar-refractivity contribution in [1.82, 2.24) is 9.97 Å². The van der Waals surface area contributed by atoms with Crippen molar-refractivity contribution in [3.05, 3.63) is 31.8 Å². The molecule has 0 saturated heterocycles. The predicted molar refractivity (Wildman–Crippen MR) is 92.8 cm³/mol. The van der Waals surface area contributed by atoms with Gasteiger partial charge in [-0.1, -0.05) is 34.8 Å². The monoisotopic (exact) mass is 421 g/mol. The molecule has 0 saturated carbocycles. The van der Waals surface area contributed by atoms with Crippen molar-refractivity contribution in [2.75, 3.05) is 11.9 Å². The molecule has 9 heteroatoms. The molecular weight excluding hydrogens is 416 g/mol. The van der Waals surface area contributed by atoms with Gasteiger partial charge in [0.25, 0.3) is 0 Å². The number of aromatic amines is 1. The first-order chi connectivity index (χ1) is 10.3. The molecule has 3 aromatic rings. The summed E-state index contributed by atoms with van der Waals surface area (Å²) in [6, 6.07) is 1.48. The van der Waals surface area contributed by atoms with Gasteiger partial charge in [-0.05, 0) is 22.0 Å². The number of halogens is 4. The number of fused-ring (bicyclic) bond motifs is 3. The molecule has 5 nitrogen and oxygen atoms in total. The molecule has 2 heterocycles. The van der Waals surface area contributed by atoms with Crippen LogP contribution in [-0.2, 0) is 0 Å². The number of benzene rings is 1. The molecule has 2 aromatic heterocycles. The molecule has 0 fully saturated rings. The van der Waals surface area contributed by atoms with Crippen LogP contribution in [0.2, 0.25) is 15.1 Å². The van der Waals surface area contributed by atoms with Gasteiger partial charge < -0.3 is 10.1 Å². The van der Waals surface area contributed by atoms with Crippen molar-refractivity contribution in [2.24, 2.45) is 0 Å². The summed E-state index contributed by atoms with van der Waals surface area (Å²) in [6.07, 6.45) is 0.425. The van der Waals surface area contributed by atoms with Crippen LogP contribution < -0.4 is 4.90 Å². The Balaban J connectivity index is 2.54. The largest absolute Gasteiger partial charge is 0.465 e. The summed E-state index contributed by atoms with van der Waals surface area (Å²) in [5.74, 6) is 0. The summed E-state index contributed by atoms with van der Waals surface area (Å²) in [5.41, 5.74) is 1.36. The van der Waals surface area contributed by atoms with Crippen LogP contribution in [0.5, 0.6) is 0 Å². The molecule has 114 valence electrons. The van der Waals surface area contributed by atoms with Gasteiger partial charge in [-0.2, -0.15) is 0 Å². The number of amides is 1. The fourth-order valence-corrected chi connectivity index (χ4v) is 3.22. The summed E-state index contributed by atoms with van der Waals surface area (Å²) in [7, 11) is 1.41. The molecule has 0 radical (unpaired) electrons. The molecule has 0 aliphatic carbocycles. The normalized spacial score (nSPS) is 11.3. The lowest BCUT2D eigenvalue weighted by molar-refractivity contribution is 0.203. The average molecular weight is 423 g/mol. The number of carbonyl (C=O) groups is 1. The average Bonchev–Trinajstić information content (AvgIpc) is 2.86. The van der Waals surface area contributed by atoms with Crippen molar-refractivity contribution in [1.29, 1.82) is 0 Å². The van der Waals surface area contributed by atoms with E-state index in [-0.39, 0.29) is 10.0 Å². The van der Waals surface area contributed by atoms with E-state index in [0.29, 0.717) is 37.1 Å². The van der Waals surface area contributed by atoms with Gasteiger partial charge in [-0.25, -0.2) is 9.78 Å². The van der Waals surface area contributed by atoms with E-state index < -0.39 is 6.09 Å². The van der Waals surface area contributed by atoms with E-state index in [1.807, 2.05) is 0 Å². The van der Waals surface area contributed by atoms with Crippen molar-refractivity contribution >= 4 is 84.4 Å². The molecule has 0 bridgehead atoms. The van der Waals surface area contributed by atoms with Crippen molar-refractivity contribution < 1.29 is 9.90 Å². The summed E-state index contributed by atoms with van der Waals surface area (Å²) in [6.45, 7) is 0. The number of rotatable bonds is 1. The first-order valence-electron chi connectivity index (χ1n) is 5.93. The lowest BCUT2D eigenvalue weighted by Gasteiger charge is -2.15. The third kappa shape index (κ3) is 2.22. The molecule has 0 atom stereocenters. The maximum absolute atomic E-state index is 11.3. The molecule has 1 aromatic carbocycles. The molecule has 2 N–H and O–H groups in total. The second-order valence-electron chi connectivity index (χ2n) is 4.55. The standard InChI is InChI=1S/C13H7BrCl3N3O2/c1-20(13(21)22)6-2-5(15)10(17)7-8-9(16)4(14)3-18-12(8)19-11(6)7/h2-3H,1H3,(H,18,19)(H,21,22). The fourth-order valence-electron chi connectivity index (χ4n) is 2.25. The number of nitrogens with one attached hydrogen (secondary N) is 1. The van der Waals surface area contributed by atoms with Gasteiger partial charge in [0, 0.05) is 24.0 Å². The van der Waals surface area contributed by atoms with Crippen LogP contribution in [-0.4, -0.2) is 28.2 Å². The quantitative estimate of drug-likeness (QED) is 0.539. The summed E-state index contributed by atoms with van der Waals surface area (Å²) in [5, 5.41) is 11.3. The van der Waals surface area contributed by atoms with Gasteiger partial charge >= 0.3 is 6.09 Å².